The Hall–Kier alpha value is -2.05. The number of aromatic amines is 1. The van der Waals surface area contributed by atoms with Crippen LogP contribution in [0.4, 0.5) is 4.79 Å². The Bertz CT molecular complexity index is 446. The van der Waals surface area contributed by atoms with Gasteiger partial charge in [-0.3, -0.25) is 9.89 Å². The summed E-state index contributed by atoms with van der Waals surface area (Å²) in [6.45, 7) is 0.470. The Morgan fingerprint density at radius 3 is 2.95 bits per heavy atom. The Morgan fingerprint density at radius 1 is 1.58 bits per heavy atom. The third kappa shape index (κ3) is 3.46. The first-order valence-electron chi connectivity index (χ1n) is 6.28. The molecule has 0 saturated heterocycles. The van der Waals surface area contributed by atoms with Crippen LogP contribution in [0, 0.1) is 5.92 Å². The van der Waals surface area contributed by atoms with E-state index in [0.29, 0.717) is 19.4 Å². The molecule has 1 aromatic rings. The minimum Gasteiger partial charge on any atom is -0.481 e. The summed E-state index contributed by atoms with van der Waals surface area (Å²) in [4.78, 5) is 24.3. The molecule has 0 aromatic carbocycles. The number of hydrogen-bond donors (Lipinski definition) is 3. The minimum absolute atomic E-state index is 0.0413. The number of rotatable bonds is 4. The van der Waals surface area contributed by atoms with Crippen LogP contribution in [0.3, 0.4) is 0 Å². The molecule has 1 saturated carbocycles. The van der Waals surface area contributed by atoms with Crippen molar-refractivity contribution in [1.29, 1.82) is 0 Å². The van der Waals surface area contributed by atoms with Crippen molar-refractivity contribution in [3.05, 3.63) is 18.0 Å². The SMILES string of the molecule is CN(Cc1cn[nH]c1)C(=O)NC1CCC(C(=O)O)C1. The molecule has 3 N–H and O–H groups in total. The summed E-state index contributed by atoms with van der Waals surface area (Å²) in [5.74, 6) is -1.10. The Kier molecular flexibility index (Phi) is 4.03. The molecule has 2 rings (SSSR count). The second-order valence-corrected chi connectivity index (χ2v) is 4.96. The van der Waals surface area contributed by atoms with Gasteiger partial charge in [-0.1, -0.05) is 0 Å². The second-order valence-electron chi connectivity index (χ2n) is 4.96. The number of aromatic nitrogens is 2. The maximum atomic E-state index is 11.9. The van der Waals surface area contributed by atoms with Gasteiger partial charge in [-0.25, -0.2) is 4.79 Å². The van der Waals surface area contributed by atoms with E-state index in [2.05, 4.69) is 15.5 Å². The van der Waals surface area contributed by atoms with Crippen molar-refractivity contribution in [2.45, 2.75) is 31.8 Å². The van der Waals surface area contributed by atoms with Crippen molar-refractivity contribution in [3.63, 3.8) is 0 Å². The fraction of sp³-hybridized carbons (Fsp3) is 0.583. The summed E-state index contributed by atoms with van der Waals surface area (Å²) < 4.78 is 0. The molecule has 1 aliphatic rings. The summed E-state index contributed by atoms with van der Waals surface area (Å²) in [6, 6.07) is -0.224. The van der Waals surface area contributed by atoms with Gasteiger partial charge in [-0.2, -0.15) is 5.10 Å². The van der Waals surface area contributed by atoms with Gasteiger partial charge in [0.2, 0.25) is 0 Å². The lowest BCUT2D eigenvalue weighted by Crippen LogP contribution is -2.41. The molecular weight excluding hydrogens is 248 g/mol. The Morgan fingerprint density at radius 2 is 2.37 bits per heavy atom. The maximum Gasteiger partial charge on any atom is 0.317 e. The van der Waals surface area contributed by atoms with E-state index >= 15 is 0 Å². The molecule has 1 aromatic heterocycles. The molecule has 1 heterocycles. The molecule has 2 amide bonds. The highest BCUT2D eigenvalue weighted by atomic mass is 16.4. The van der Waals surface area contributed by atoms with Gasteiger partial charge in [-0.15, -0.1) is 0 Å². The van der Waals surface area contributed by atoms with Crippen molar-refractivity contribution >= 4 is 12.0 Å². The topological polar surface area (TPSA) is 98.3 Å². The number of hydrogen-bond acceptors (Lipinski definition) is 3. The zero-order valence-electron chi connectivity index (χ0n) is 10.8. The molecule has 7 nitrogen and oxygen atoms in total. The van der Waals surface area contributed by atoms with Crippen LogP contribution in [0.1, 0.15) is 24.8 Å². The summed E-state index contributed by atoms with van der Waals surface area (Å²) in [5, 5.41) is 18.3. The monoisotopic (exact) mass is 266 g/mol. The van der Waals surface area contributed by atoms with Crippen LogP contribution < -0.4 is 5.32 Å². The van der Waals surface area contributed by atoms with Crippen LogP contribution in [0.25, 0.3) is 0 Å². The lowest BCUT2D eigenvalue weighted by atomic mass is 10.1. The largest absolute Gasteiger partial charge is 0.481 e. The van der Waals surface area contributed by atoms with Gasteiger partial charge in [0.05, 0.1) is 18.7 Å². The second kappa shape index (κ2) is 5.73. The van der Waals surface area contributed by atoms with Crippen molar-refractivity contribution in [2.24, 2.45) is 5.92 Å². The van der Waals surface area contributed by atoms with Crippen molar-refractivity contribution in [2.75, 3.05) is 7.05 Å². The molecule has 0 bridgehead atoms. The van der Waals surface area contributed by atoms with Gasteiger partial charge >= 0.3 is 12.0 Å². The lowest BCUT2D eigenvalue weighted by Gasteiger charge is -2.20. The van der Waals surface area contributed by atoms with E-state index in [1.807, 2.05) is 0 Å². The molecule has 1 aliphatic carbocycles. The maximum absolute atomic E-state index is 11.9. The predicted octanol–water partition coefficient (Wildman–Crippen LogP) is 0.804. The van der Waals surface area contributed by atoms with Gasteiger partial charge in [-0.05, 0) is 19.3 Å². The summed E-state index contributed by atoms with van der Waals surface area (Å²) >= 11 is 0. The number of aliphatic carboxylic acids is 1. The fourth-order valence-corrected chi connectivity index (χ4v) is 2.33. The van der Waals surface area contributed by atoms with Crippen LogP contribution in [-0.2, 0) is 11.3 Å². The number of carboxylic acid groups (broad SMARTS) is 1. The van der Waals surface area contributed by atoms with Gasteiger partial charge < -0.3 is 15.3 Å². The Balaban J connectivity index is 1.79. The average molecular weight is 266 g/mol. The number of carboxylic acids is 1. The molecule has 19 heavy (non-hydrogen) atoms. The fourth-order valence-electron chi connectivity index (χ4n) is 2.33. The van der Waals surface area contributed by atoms with E-state index in [0.717, 1.165) is 12.0 Å². The highest BCUT2D eigenvalue weighted by molar-refractivity contribution is 5.75. The number of carbonyl (C=O) groups excluding carboxylic acids is 1. The van der Waals surface area contributed by atoms with Crippen LogP contribution in [0.15, 0.2) is 12.4 Å². The van der Waals surface area contributed by atoms with Crippen molar-refractivity contribution in [3.8, 4) is 0 Å². The van der Waals surface area contributed by atoms with E-state index in [9.17, 15) is 9.59 Å². The van der Waals surface area contributed by atoms with Gasteiger partial charge in [0.15, 0.2) is 0 Å². The zero-order chi connectivity index (χ0) is 13.8. The molecule has 2 atom stereocenters. The Labute approximate surface area is 111 Å². The van der Waals surface area contributed by atoms with E-state index in [-0.39, 0.29) is 18.0 Å². The van der Waals surface area contributed by atoms with Gasteiger partial charge in [0.25, 0.3) is 0 Å². The molecule has 104 valence electrons. The summed E-state index contributed by atoms with van der Waals surface area (Å²) in [7, 11) is 1.70. The third-order valence-corrected chi connectivity index (χ3v) is 3.43. The summed E-state index contributed by atoms with van der Waals surface area (Å²) in [5.41, 5.74) is 0.924. The molecule has 1 fully saturated rings. The van der Waals surface area contributed by atoms with Crippen LogP contribution in [0.5, 0.6) is 0 Å². The molecule has 0 radical (unpaired) electrons. The first kappa shape index (κ1) is 13.4. The normalized spacial score (nSPS) is 22.2. The van der Waals surface area contributed by atoms with Crippen LogP contribution in [0.2, 0.25) is 0 Å². The van der Waals surface area contributed by atoms with Crippen molar-refractivity contribution in [1.82, 2.24) is 20.4 Å². The molecule has 0 aliphatic heterocycles. The van der Waals surface area contributed by atoms with E-state index in [1.54, 1.807) is 24.3 Å². The lowest BCUT2D eigenvalue weighted by molar-refractivity contribution is -0.141. The zero-order valence-corrected chi connectivity index (χ0v) is 10.8. The number of nitrogens with one attached hydrogen (secondary N) is 2. The number of H-pyrrole nitrogens is 1. The average Bonchev–Trinajstić information content (AvgIpc) is 2.99. The smallest absolute Gasteiger partial charge is 0.317 e. The molecule has 7 heteroatoms. The van der Waals surface area contributed by atoms with Crippen LogP contribution >= 0.6 is 0 Å². The van der Waals surface area contributed by atoms with E-state index < -0.39 is 5.97 Å². The number of carbonyl (C=O) groups is 2. The number of amides is 2. The quantitative estimate of drug-likeness (QED) is 0.750. The first-order chi connectivity index (χ1) is 9.06. The third-order valence-electron chi connectivity index (χ3n) is 3.43. The molecule has 2 unspecified atom stereocenters. The van der Waals surface area contributed by atoms with Crippen LogP contribution in [-0.4, -0.2) is 45.3 Å². The minimum atomic E-state index is -0.775. The number of urea groups is 1. The van der Waals surface area contributed by atoms with Gasteiger partial charge in [0.1, 0.15) is 0 Å². The standard InChI is InChI=1S/C12H18N4O3/c1-16(7-8-5-13-14-6-8)12(19)15-10-3-2-9(4-10)11(17)18/h5-6,9-10H,2-4,7H2,1H3,(H,13,14)(H,15,19)(H,17,18). The highest BCUT2D eigenvalue weighted by Gasteiger charge is 2.30. The highest BCUT2D eigenvalue weighted by Crippen LogP contribution is 2.25. The van der Waals surface area contributed by atoms with Crippen molar-refractivity contribution < 1.29 is 14.7 Å². The van der Waals surface area contributed by atoms with Gasteiger partial charge in [0, 0.05) is 24.8 Å². The molecule has 0 spiro atoms. The predicted molar refractivity (Wildman–Crippen MR) is 67.4 cm³/mol. The van der Waals surface area contributed by atoms with E-state index in [4.69, 9.17) is 5.11 Å². The van der Waals surface area contributed by atoms with E-state index in [1.165, 1.54) is 0 Å². The number of nitrogens with zero attached hydrogens (tertiary/aromatic N) is 2. The summed E-state index contributed by atoms with van der Waals surface area (Å²) in [6.07, 6.45) is 5.27. The first-order valence-corrected chi connectivity index (χ1v) is 6.28. The molecular formula is C12H18N4O3.